The van der Waals surface area contributed by atoms with E-state index in [2.05, 4.69) is 55.3 Å². The minimum Gasteiger partial charge on any atom is -0.361 e. The molecule has 0 unspecified atom stereocenters. The van der Waals surface area contributed by atoms with Gasteiger partial charge in [0.2, 0.25) is 0 Å². The zero-order valence-electron chi connectivity index (χ0n) is 8.50. The van der Waals surface area contributed by atoms with Crippen molar-refractivity contribution in [3.05, 3.63) is 52.7 Å². The summed E-state index contributed by atoms with van der Waals surface area (Å²) >= 11 is 3.42. The molecule has 0 atom stereocenters. The van der Waals surface area contributed by atoms with E-state index in [-0.39, 0.29) is 0 Å². The van der Waals surface area contributed by atoms with Gasteiger partial charge in [0.25, 0.3) is 0 Å². The van der Waals surface area contributed by atoms with E-state index in [1.54, 1.807) is 6.33 Å². The predicted molar refractivity (Wildman–Crippen MR) is 67.4 cm³/mol. The van der Waals surface area contributed by atoms with E-state index in [1.165, 1.54) is 16.5 Å². The minimum absolute atomic E-state index is 0.852. The van der Waals surface area contributed by atoms with E-state index >= 15 is 0 Å². The Kier molecular flexibility index (Phi) is 2.29. The summed E-state index contributed by atoms with van der Waals surface area (Å²) in [7, 11) is 0. The lowest BCUT2D eigenvalue weighted by molar-refractivity contribution is 1.11. The smallest absolute Gasteiger partial charge is 0.127 e. The molecule has 0 aliphatic heterocycles. The largest absolute Gasteiger partial charge is 0.361 e. The molecule has 2 aromatic heterocycles. The number of fused-ring (bicyclic) bond motifs is 1. The highest BCUT2D eigenvalue weighted by atomic mass is 79.9. The van der Waals surface area contributed by atoms with E-state index in [9.17, 15) is 0 Å². The highest BCUT2D eigenvalue weighted by Gasteiger charge is 2.07. The molecule has 0 saturated carbocycles. The van der Waals surface area contributed by atoms with Gasteiger partial charge in [-0.25, -0.2) is 4.98 Å². The molecular weight excluding hydrogens is 266 g/mol. The Hall–Kier alpha value is -1.55. The quantitative estimate of drug-likeness (QED) is 0.741. The molecule has 2 heterocycles. The topological polar surface area (TPSA) is 44.5 Å². The van der Waals surface area contributed by atoms with E-state index in [1.807, 2.05) is 6.07 Å². The van der Waals surface area contributed by atoms with Crippen LogP contribution in [-0.4, -0.2) is 15.0 Å². The van der Waals surface area contributed by atoms with Crippen molar-refractivity contribution in [3.8, 4) is 0 Å². The van der Waals surface area contributed by atoms with Crippen LogP contribution in [0.25, 0.3) is 10.9 Å². The van der Waals surface area contributed by atoms with Gasteiger partial charge < -0.3 is 9.97 Å². The first-order valence-electron chi connectivity index (χ1n) is 5.07. The molecule has 0 amide bonds. The van der Waals surface area contributed by atoms with Crippen LogP contribution >= 0.6 is 15.9 Å². The maximum Gasteiger partial charge on any atom is 0.127 e. The number of nitrogens with zero attached hydrogens (tertiary/aromatic N) is 1. The van der Waals surface area contributed by atoms with E-state index < -0.39 is 0 Å². The van der Waals surface area contributed by atoms with Gasteiger partial charge in [0.1, 0.15) is 4.60 Å². The number of halogens is 1. The Morgan fingerprint density at radius 3 is 2.88 bits per heavy atom. The van der Waals surface area contributed by atoms with Crippen LogP contribution in [0.15, 0.2) is 41.4 Å². The van der Waals surface area contributed by atoms with Crippen LogP contribution in [0.1, 0.15) is 11.3 Å². The summed E-state index contributed by atoms with van der Waals surface area (Å²) in [6.45, 7) is 0. The number of hydrogen-bond donors (Lipinski definition) is 2. The standard InChI is InChI=1S/C12H10BrN3/c13-12-11(15-7-16-12)5-8-6-14-10-4-2-1-3-9(8)10/h1-4,6-7,14H,5H2,(H,15,16). The molecule has 16 heavy (non-hydrogen) atoms. The van der Waals surface area contributed by atoms with E-state index in [0.29, 0.717) is 0 Å². The maximum absolute atomic E-state index is 4.13. The third-order valence-electron chi connectivity index (χ3n) is 2.71. The van der Waals surface area contributed by atoms with Crippen LogP contribution in [0.3, 0.4) is 0 Å². The number of H-pyrrole nitrogens is 2. The Morgan fingerprint density at radius 2 is 2.06 bits per heavy atom. The van der Waals surface area contributed by atoms with Crippen LogP contribution < -0.4 is 0 Å². The number of aromatic amines is 2. The molecule has 2 N–H and O–H groups in total. The summed E-state index contributed by atoms with van der Waals surface area (Å²) in [5.41, 5.74) is 3.55. The van der Waals surface area contributed by atoms with Gasteiger partial charge in [0.15, 0.2) is 0 Å². The van der Waals surface area contributed by atoms with Gasteiger partial charge in [-0.2, -0.15) is 0 Å². The Morgan fingerprint density at radius 1 is 1.19 bits per heavy atom. The summed E-state index contributed by atoms with van der Waals surface area (Å²) in [5, 5.41) is 1.27. The van der Waals surface area contributed by atoms with Crippen LogP contribution in [-0.2, 0) is 6.42 Å². The zero-order chi connectivity index (χ0) is 11.0. The second-order valence-corrected chi connectivity index (χ2v) is 4.46. The van der Waals surface area contributed by atoms with Crippen molar-refractivity contribution in [2.45, 2.75) is 6.42 Å². The highest BCUT2D eigenvalue weighted by molar-refractivity contribution is 9.10. The SMILES string of the molecule is Brc1nc[nH]c1Cc1c[nH]c2ccccc12. The normalized spacial score (nSPS) is 11.1. The van der Waals surface area contributed by atoms with Gasteiger partial charge in [0.05, 0.1) is 12.0 Å². The molecular formula is C12H10BrN3. The number of hydrogen-bond acceptors (Lipinski definition) is 1. The van der Waals surface area contributed by atoms with Crippen molar-refractivity contribution in [1.29, 1.82) is 0 Å². The van der Waals surface area contributed by atoms with Crippen molar-refractivity contribution in [1.82, 2.24) is 15.0 Å². The van der Waals surface area contributed by atoms with Gasteiger partial charge in [-0.3, -0.25) is 0 Å². The summed E-state index contributed by atoms with van der Waals surface area (Å²) in [5.74, 6) is 0. The van der Waals surface area contributed by atoms with Crippen molar-refractivity contribution in [2.75, 3.05) is 0 Å². The molecule has 1 aromatic carbocycles. The first-order chi connectivity index (χ1) is 7.84. The minimum atomic E-state index is 0.852. The zero-order valence-corrected chi connectivity index (χ0v) is 10.1. The lowest BCUT2D eigenvalue weighted by Crippen LogP contribution is -1.87. The van der Waals surface area contributed by atoms with Gasteiger partial charge >= 0.3 is 0 Å². The average Bonchev–Trinajstić information content (AvgIpc) is 2.88. The number of benzene rings is 1. The molecule has 3 aromatic rings. The van der Waals surface area contributed by atoms with Crippen LogP contribution in [0.2, 0.25) is 0 Å². The van der Waals surface area contributed by atoms with Crippen LogP contribution in [0, 0.1) is 0 Å². The third-order valence-corrected chi connectivity index (χ3v) is 3.39. The molecule has 0 radical (unpaired) electrons. The molecule has 4 heteroatoms. The molecule has 0 aliphatic rings. The van der Waals surface area contributed by atoms with Crippen LogP contribution in [0.5, 0.6) is 0 Å². The molecule has 0 spiro atoms. The van der Waals surface area contributed by atoms with E-state index in [0.717, 1.165) is 16.7 Å². The van der Waals surface area contributed by atoms with Gasteiger partial charge in [-0.1, -0.05) is 18.2 Å². The summed E-state index contributed by atoms with van der Waals surface area (Å²) in [6, 6.07) is 8.31. The van der Waals surface area contributed by atoms with Crippen molar-refractivity contribution < 1.29 is 0 Å². The lowest BCUT2D eigenvalue weighted by atomic mass is 10.1. The Bertz CT molecular complexity index is 624. The fourth-order valence-corrected chi connectivity index (χ4v) is 2.25. The first-order valence-corrected chi connectivity index (χ1v) is 5.86. The molecule has 3 nitrogen and oxygen atoms in total. The molecule has 0 aliphatic carbocycles. The summed E-state index contributed by atoms with van der Waals surface area (Å²) < 4.78 is 0.887. The van der Waals surface area contributed by atoms with Crippen molar-refractivity contribution in [2.24, 2.45) is 0 Å². The predicted octanol–water partition coefficient (Wildman–Crippen LogP) is 3.24. The second-order valence-electron chi connectivity index (χ2n) is 3.71. The molecule has 3 rings (SSSR count). The monoisotopic (exact) mass is 275 g/mol. The van der Waals surface area contributed by atoms with Gasteiger partial charge in [-0.05, 0) is 27.6 Å². The Balaban J connectivity index is 2.04. The molecule has 80 valence electrons. The number of imidazole rings is 1. The fraction of sp³-hybridized carbons (Fsp3) is 0.0833. The Labute approximate surface area is 101 Å². The van der Waals surface area contributed by atoms with E-state index in [4.69, 9.17) is 0 Å². The first kappa shape index (κ1) is 9.66. The average molecular weight is 276 g/mol. The van der Waals surface area contributed by atoms with Gasteiger partial charge in [-0.15, -0.1) is 0 Å². The highest BCUT2D eigenvalue weighted by Crippen LogP contribution is 2.22. The maximum atomic E-state index is 4.13. The number of para-hydroxylation sites is 1. The van der Waals surface area contributed by atoms with Crippen molar-refractivity contribution >= 4 is 26.8 Å². The van der Waals surface area contributed by atoms with Gasteiger partial charge in [0, 0.05) is 23.5 Å². The lowest BCUT2D eigenvalue weighted by Gasteiger charge is -1.97. The number of nitrogens with one attached hydrogen (secondary N) is 2. The van der Waals surface area contributed by atoms with Crippen molar-refractivity contribution in [3.63, 3.8) is 0 Å². The second kappa shape index (κ2) is 3.79. The van der Waals surface area contributed by atoms with Crippen LogP contribution in [0.4, 0.5) is 0 Å². The summed E-state index contributed by atoms with van der Waals surface area (Å²) in [6.07, 6.45) is 4.61. The number of rotatable bonds is 2. The molecule has 0 bridgehead atoms. The third kappa shape index (κ3) is 1.55. The molecule has 0 saturated heterocycles. The fourth-order valence-electron chi connectivity index (χ4n) is 1.90. The summed E-state index contributed by atoms with van der Waals surface area (Å²) in [4.78, 5) is 10.5. The number of aromatic nitrogens is 3. The molecule has 0 fully saturated rings.